The van der Waals surface area contributed by atoms with E-state index in [4.69, 9.17) is 4.74 Å². The quantitative estimate of drug-likeness (QED) is 0.245. The number of nitrogens with one attached hydrogen (secondary N) is 1. The summed E-state index contributed by atoms with van der Waals surface area (Å²) < 4.78 is 7.37. The first-order chi connectivity index (χ1) is 16.6. The monoisotopic (exact) mass is 456 g/mol. The van der Waals surface area contributed by atoms with Crippen molar-refractivity contribution in [3.05, 3.63) is 82.5 Å². The molecule has 3 aromatic carbocycles. The number of anilines is 1. The third-order valence-electron chi connectivity index (χ3n) is 5.92. The number of fused-ring (bicyclic) bond motifs is 2. The topological polar surface area (TPSA) is 75.9 Å². The lowest BCUT2D eigenvalue weighted by atomic mass is 10.1. The van der Waals surface area contributed by atoms with Crippen molar-refractivity contribution in [3.63, 3.8) is 0 Å². The maximum Gasteiger partial charge on any atom is 0.260 e. The number of hydrogen-bond donors (Lipinski definition) is 1. The van der Waals surface area contributed by atoms with Gasteiger partial charge in [-0.25, -0.2) is 5.43 Å². The van der Waals surface area contributed by atoms with E-state index >= 15 is 0 Å². The molecular weight excluding hydrogens is 428 g/mol. The van der Waals surface area contributed by atoms with Gasteiger partial charge in [0.25, 0.3) is 5.91 Å². The number of methoxy groups -OCH3 is 1. The van der Waals surface area contributed by atoms with Gasteiger partial charge in [-0.15, -0.1) is 0 Å². The molecule has 0 radical (unpaired) electrons. The number of hydrazone groups is 1. The Balaban J connectivity index is 1.57. The van der Waals surface area contributed by atoms with Crippen LogP contribution in [0.1, 0.15) is 19.4 Å². The lowest BCUT2D eigenvalue weighted by molar-refractivity contribution is -0.121. The smallest absolute Gasteiger partial charge is 0.260 e. The summed E-state index contributed by atoms with van der Waals surface area (Å²) in [5.74, 6) is 0.383. The minimum absolute atomic E-state index is 0.0245. The third kappa shape index (κ3) is 4.50. The number of rotatable bonds is 8. The van der Waals surface area contributed by atoms with Gasteiger partial charge in [0.2, 0.25) is 0 Å². The molecule has 7 heteroatoms. The van der Waals surface area contributed by atoms with Crippen molar-refractivity contribution < 1.29 is 9.53 Å². The maximum atomic E-state index is 12.9. The van der Waals surface area contributed by atoms with Crippen molar-refractivity contribution in [3.8, 4) is 5.75 Å². The van der Waals surface area contributed by atoms with Gasteiger partial charge in [-0.2, -0.15) is 5.10 Å². The molecule has 1 heterocycles. The van der Waals surface area contributed by atoms with Gasteiger partial charge in [0, 0.05) is 41.2 Å². The van der Waals surface area contributed by atoms with E-state index in [0.717, 1.165) is 24.3 Å². The summed E-state index contributed by atoms with van der Waals surface area (Å²) in [5.41, 5.74) is 5.81. The van der Waals surface area contributed by atoms with Gasteiger partial charge in [-0.05, 0) is 50.2 Å². The van der Waals surface area contributed by atoms with Crippen molar-refractivity contribution >= 4 is 39.6 Å². The number of carbonyl (C=O) groups excluding carboxylic acids is 1. The van der Waals surface area contributed by atoms with Gasteiger partial charge < -0.3 is 14.2 Å². The zero-order valence-electron chi connectivity index (χ0n) is 19.6. The Hall–Kier alpha value is -4.13. The number of ether oxygens (including phenoxy) is 1. The van der Waals surface area contributed by atoms with Crippen molar-refractivity contribution in [2.24, 2.45) is 5.10 Å². The Bertz CT molecular complexity index is 1360. The Morgan fingerprint density at radius 2 is 1.62 bits per heavy atom. The van der Waals surface area contributed by atoms with Crippen LogP contribution in [-0.2, 0) is 11.3 Å². The van der Waals surface area contributed by atoms with Crippen LogP contribution in [0.4, 0.5) is 5.69 Å². The number of pyridine rings is 1. The molecule has 1 aromatic heterocycles. The summed E-state index contributed by atoms with van der Waals surface area (Å²) >= 11 is 0. The molecule has 1 amide bonds. The molecule has 1 N–H and O–H groups in total. The molecule has 0 aliphatic carbocycles. The molecule has 174 valence electrons. The highest BCUT2D eigenvalue weighted by molar-refractivity contribution is 5.95. The largest absolute Gasteiger partial charge is 0.496 e. The van der Waals surface area contributed by atoms with Gasteiger partial charge >= 0.3 is 0 Å². The molecule has 0 spiro atoms. The second-order valence-electron chi connectivity index (χ2n) is 7.84. The summed E-state index contributed by atoms with van der Waals surface area (Å²) in [6.45, 7) is 6.04. The van der Waals surface area contributed by atoms with Crippen molar-refractivity contribution in [1.29, 1.82) is 0 Å². The molecule has 0 fully saturated rings. The average Bonchev–Trinajstić information content (AvgIpc) is 2.88. The van der Waals surface area contributed by atoms with E-state index in [0.29, 0.717) is 27.6 Å². The fraction of sp³-hybridized carbons (Fsp3) is 0.222. The Morgan fingerprint density at radius 1 is 1.00 bits per heavy atom. The minimum Gasteiger partial charge on any atom is -0.496 e. The minimum atomic E-state index is -0.297. The van der Waals surface area contributed by atoms with E-state index in [1.54, 1.807) is 25.5 Å². The van der Waals surface area contributed by atoms with Gasteiger partial charge in [0.15, 0.2) is 5.43 Å². The molecule has 4 rings (SSSR count). The highest BCUT2D eigenvalue weighted by Crippen LogP contribution is 2.24. The van der Waals surface area contributed by atoms with Crippen LogP contribution in [0.2, 0.25) is 0 Å². The van der Waals surface area contributed by atoms with Crippen molar-refractivity contribution in [2.45, 2.75) is 20.4 Å². The summed E-state index contributed by atoms with van der Waals surface area (Å²) in [4.78, 5) is 27.9. The average molecular weight is 457 g/mol. The highest BCUT2D eigenvalue weighted by Gasteiger charge is 2.13. The van der Waals surface area contributed by atoms with Crippen LogP contribution >= 0.6 is 0 Å². The number of nitrogens with zero attached hydrogens (tertiary/aromatic N) is 3. The standard InChI is InChI=1S/C27H28N4O3/c1-4-30(5-2)20-15-14-19(25(16-20)34-3)17-28-29-26(32)18-31-23-12-8-6-10-21(23)27(33)22-11-7-9-13-24(22)31/h6-17H,4-5,18H2,1-3H3,(H,29,32)/b28-17+. The summed E-state index contributed by atoms with van der Waals surface area (Å²) in [5, 5.41) is 5.30. The number of benzene rings is 3. The molecular formula is C27H28N4O3. The predicted octanol–water partition coefficient (Wildman–Crippen LogP) is 4.16. The van der Waals surface area contributed by atoms with E-state index in [9.17, 15) is 9.59 Å². The van der Waals surface area contributed by atoms with E-state index < -0.39 is 0 Å². The van der Waals surface area contributed by atoms with Gasteiger partial charge in [0.1, 0.15) is 12.3 Å². The first-order valence-electron chi connectivity index (χ1n) is 11.3. The number of amides is 1. The van der Waals surface area contributed by atoms with E-state index in [1.165, 1.54) is 0 Å². The van der Waals surface area contributed by atoms with E-state index in [2.05, 4.69) is 29.3 Å². The maximum absolute atomic E-state index is 12.9. The molecule has 0 aliphatic rings. The van der Waals surface area contributed by atoms with Crippen molar-refractivity contribution in [1.82, 2.24) is 9.99 Å². The second-order valence-corrected chi connectivity index (χ2v) is 7.84. The molecule has 0 saturated carbocycles. The lowest BCUT2D eigenvalue weighted by Crippen LogP contribution is -2.25. The molecule has 0 unspecified atom stereocenters. The SMILES string of the molecule is CCN(CC)c1ccc(/C=N/NC(=O)Cn2c3ccccc3c(=O)c3ccccc32)c(OC)c1. The van der Waals surface area contributed by atoms with Crippen LogP contribution in [0.25, 0.3) is 21.8 Å². The number of para-hydroxylation sites is 2. The Labute approximate surface area is 198 Å². The first-order valence-corrected chi connectivity index (χ1v) is 11.3. The lowest BCUT2D eigenvalue weighted by Gasteiger charge is -2.22. The van der Waals surface area contributed by atoms with Crippen LogP contribution in [0.5, 0.6) is 5.75 Å². The molecule has 34 heavy (non-hydrogen) atoms. The highest BCUT2D eigenvalue weighted by atomic mass is 16.5. The fourth-order valence-corrected chi connectivity index (χ4v) is 4.19. The van der Waals surface area contributed by atoms with Crippen LogP contribution < -0.4 is 20.5 Å². The van der Waals surface area contributed by atoms with Gasteiger partial charge in [-0.3, -0.25) is 9.59 Å². The number of hydrogen-bond acceptors (Lipinski definition) is 5. The van der Waals surface area contributed by atoms with Gasteiger partial charge in [0.05, 0.1) is 24.4 Å². The summed E-state index contributed by atoms with van der Waals surface area (Å²) in [6.07, 6.45) is 1.57. The zero-order chi connectivity index (χ0) is 24.1. The van der Waals surface area contributed by atoms with Crippen molar-refractivity contribution in [2.75, 3.05) is 25.1 Å². The Morgan fingerprint density at radius 3 is 2.21 bits per heavy atom. The van der Waals surface area contributed by atoms with Crippen LogP contribution in [0.15, 0.2) is 76.6 Å². The molecule has 7 nitrogen and oxygen atoms in total. The van der Waals surface area contributed by atoms with Crippen LogP contribution in [0, 0.1) is 0 Å². The van der Waals surface area contributed by atoms with Gasteiger partial charge in [-0.1, -0.05) is 24.3 Å². The normalized spacial score (nSPS) is 11.3. The molecule has 0 atom stereocenters. The van der Waals surface area contributed by atoms with Crippen LogP contribution in [0.3, 0.4) is 0 Å². The summed E-state index contributed by atoms with van der Waals surface area (Å²) in [6, 6.07) is 20.5. The molecule has 0 bridgehead atoms. The van der Waals surface area contributed by atoms with Crippen LogP contribution in [-0.4, -0.2) is 36.9 Å². The third-order valence-corrected chi connectivity index (χ3v) is 5.92. The predicted molar refractivity (Wildman–Crippen MR) is 138 cm³/mol. The van der Waals surface area contributed by atoms with E-state index in [1.807, 2.05) is 59.2 Å². The van der Waals surface area contributed by atoms with E-state index in [-0.39, 0.29) is 17.9 Å². The molecule has 4 aromatic rings. The number of aromatic nitrogens is 1. The first kappa shape index (κ1) is 23.0. The molecule has 0 aliphatic heterocycles. The molecule has 0 saturated heterocycles. The fourth-order valence-electron chi connectivity index (χ4n) is 4.19. The Kier molecular flexibility index (Phi) is 6.92. The number of carbonyl (C=O) groups is 1. The zero-order valence-corrected chi connectivity index (χ0v) is 19.6. The summed E-state index contributed by atoms with van der Waals surface area (Å²) in [7, 11) is 1.61. The second kappa shape index (κ2) is 10.2.